The summed E-state index contributed by atoms with van der Waals surface area (Å²) < 4.78 is 27.3. The highest BCUT2D eigenvalue weighted by Gasteiger charge is 2.23. The van der Waals surface area contributed by atoms with Gasteiger partial charge in [0.15, 0.2) is 0 Å². The van der Waals surface area contributed by atoms with Crippen molar-refractivity contribution in [3.05, 3.63) is 33.9 Å². The summed E-state index contributed by atoms with van der Waals surface area (Å²) in [4.78, 5) is 20.0. The molecule has 8 heteroatoms. The van der Waals surface area contributed by atoms with Gasteiger partial charge in [0.1, 0.15) is 4.90 Å². The number of nitro groups is 1. The Bertz CT molecular complexity index is 577. The van der Waals surface area contributed by atoms with Crippen molar-refractivity contribution >= 4 is 21.8 Å². The number of nitrogens with zero attached hydrogens (tertiary/aromatic N) is 1. The summed E-state index contributed by atoms with van der Waals surface area (Å²) in [5.41, 5.74) is -0.127. The molecule has 0 saturated heterocycles. The molecular formula is C9H9NO6S. The van der Waals surface area contributed by atoms with Crippen molar-refractivity contribution in [2.75, 3.05) is 0 Å². The lowest BCUT2D eigenvalue weighted by Gasteiger charge is -2.06. The maximum atomic E-state index is 11.6. The van der Waals surface area contributed by atoms with E-state index >= 15 is 0 Å². The van der Waals surface area contributed by atoms with Crippen LogP contribution in [0, 0.1) is 17.0 Å². The monoisotopic (exact) mass is 259 g/mol. The molecule has 0 bridgehead atoms. The lowest BCUT2D eigenvalue weighted by molar-refractivity contribution is -0.385. The summed E-state index contributed by atoms with van der Waals surface area (Å²) in [6.07, 6.45) is 0. The van der Waals surface area contributed by atoms with Gasteiger partial charge < -0.3 is 4.18 Å². The number of carbonyl (C=O) groups is 1. The van der Waals surface area contributed by atoms with Gasteiger partial charge in [0.2, 0.25) is 0 Å². The van der Waals surface area contributed by atoms with E-state index in [9.17, 15) is 23.3 Å². The van der Waals surface area contributed by atoms with Crippen molar-refractivity contribution < 1.29 is 22.3 Å². The first-order valence-electron chi connectivity index (χ1n) is 4.44. The zero-order chi connectivity index (χ0) is 13.2. The van der Waals surface area contributed by atoms with Gasteiger partial charge in [-0.1, -0.05) is 6.07 Å². The topological polar surface area (TPSA) is 104 Å². The Morgan fingerprint density at radius 1 is 1.41 bits per heavy atom. The van der Waals surface area contributed by atoms with E-state index < -0.39 is 21.0 Å². The number of nitro benzene ring substituents is 1. The van der Waals surface area contributed by atoms with Crippen LogP contribution in [-0.4, -0.2) is 19.3 Å². The van der Waals surface area contributed by atoms with Gasteiger partial charge in [-0.25, -0.2) is 0 Å². The Balaban J connectivity index is 3.35. The summed E-state index contributed by atoms with van der Waals surface area (Å²) in [7, 11) is -4.30. The predicted molar refractivity (Wildman–Crippen MR) is 56.8 cm³/mol. The van der Waals surface area contributed by atoms with Crippen molar-refractivity contribution in [1.82, 2.24) is 0 Å². The van der Waals surface area contributed by atoms with Crippen LogP contribution in [-0.2, 0) is 19.1 Å². The molecule has 0 aliphatic heterocycles. The minimum atomic E-state index is -4.30. The highest BCUT2D eigenvalue weighted by atomic mass is 32.2. The molecule has 0 unspecified atom stereocenters. The van der Waals surface area contributed by atoms with E-state index in [1.807, 2.05) is 0 Å². The summed E-state index contributed by atoms with van der Waals surface area (Å²) >= 11 is 0. The van der Waals surface area contributed by atoms with Crippen molar-refractivity contribution in [2.45, 2.75) is 18.7 Å². The van der Waals surface area contributed by atoms with Gasteiger partial charge in [0, 0.05) is 19.1 Å². The largest absolute Gasteiger partial charge is 0.343 e. The summed E-state index contributed by atoms with van der Waals surface area (Å²) in [5.74, 6) is -1.00. The lowest BCUT2D eigenvalue weighted by atomic mass is 10.2. The van der Waals surface area contributed by atoms with Crippen LogP contribution in [0.4, 0.5) is 5.69 Å². The third kappa shape index (κ3) is 3.00. The van der Waals surface area contributed by atoms with Gasteiger partial charge in [0.05, 0.1) is 4.92 Å². The molecule has 92 valence electrons. The molecule has 0 radical (unpaired) electrons. The molecule has 0 heterocycles. The first-order valence-corrected chi connectivity index (χ1v) is 5.85. The van der Waals surface area contributed by atoms with Crippen LogP contribution in [0.15, 0.2) is 23.1 Å². The summed E-state index contributed by atoms with van der Waals surface area (Å²) in [6, 6.07) is 3.30. The van der Waals surface area contributed by atoms with Crippen LogP contribution in [0.1, 0.15) is 12.5 Å². The molecule has 0 aromatic heterocycles. The quantitative estimate of drug-likeness (QED) is 0.458. The van der Waals surface area contributed by atoms with Gasteiger partial charge in [-0.3, -0.25) is 14.9 Å². The molecule has 0 N–H and O–H groups in total. The van der Waals surface area contributed by atoms with E-state index in [1.165, 1.54) is 19.1 Å². The van der Waals surface area contributed by atoms with Gasteiger partial charge in [-0.15, -0.1) is 0 Å². The van der Waals surface area contributed by atoms with Crippen LogP contribution in [0.2, 0.25) is 0 Å². The molecular weight excluding hydrogens is 250 g/mol. The molecule has 1 aromatic rings. The average molecular weight is 259 g/mol. The first-order chi connectivity index (χ1) is 7.74. The SMILES string of the molecule is CC(=O)OS(=O)(=O)c1cc([N+](=O)[O-])ccc1C. The molecule has 7 nitrogen and oxygen atoms in total. The van der Waals surface area contributed by atoms with Gasteiger partial charge in [0.25, 0.3) is 5.69 Å². The maximum Gasteiger partial charge on any atom is 0.342 e. The van der Waals surface area contributed by atoms with Crippen LogP contribution in [0.5, 0.6) is 0 Å². The molecule has 17 heavy (non-hydrogen) atoms. The second kappa shape index (κ2) is 4.50. The van der Waals surface area contributed by atoms with Crippen LogP contribution in [0.25, 0.3) is 0 Å². The van der Waals surface area contributed by atoms with E-state index in [2.05, 4.69) is 4.18 Å². The standard InChI is InChI=1S/C9H9NO6S/c1-6-3-4-8(10(12)13)5-9(6)17(14,15)16-7(2)11/h3-5H,1-2H3. The molecule has 0 spiro atoms. The third-order valence-electron chi connectivity index (χ3n) is 1.88. The molecule has 0 fully saturated rings. The fourth-order valence-corrected chi connectivity index (χ4v) is 2.30. The molecule has 0 amide bonds. The molecule has 0 atom stereocenters. The van der Waals surface area contributed by atoms with Crippen LogP contribution < -0.4 is 0 Å². The zero-order valence-electron chi connectivity index (χ0n) is 9.04. The third-order valence-corrected chi connectivity index (χ3v) is 3.31. The minimum absolute atomic E-state index is 0.261. The van der Waals surface area contributed by atoms with E-state index in [4.69, 9.17) is 0 Å². The van der Waals surface area contributed by atoms with E-state index in [0.717, 1.165) is 13.0 Å². The van der Waals surface area contributed by atoms with Crippen molar-refractivity contribution in [3.8, 4) is 0 Å². The second-order valence-electron chi connectivity index (χ2n) is 3.24. The predicted octanol–water partition coefficient (Wildman–Crippen LogP) is 1.16. The molecule has 0 aliphatic carbocycles. The number of carbonyl (C=O) groups excluding carboxylic acids is 1. The van der Waals surface area contributed by atoms with E-state index in [0.29, 0.717) is 0 Å². The fraction of sp³-hybridized carbons (Fsp3) is 0.222. The van der Waals surface area contributed by atoms with Crippen LogP contribution in [0.3, 0.4) is 0 Å². The smallest absolute Gasteiger partial charge is 0.342 e. The molecule has 1 rings (SSSR count). The van der Waals surface area contributed by atoms with Gasteiger partial charge in [-0.2, -0.15) is 8.42 Å². The first kappa shape index (κ1) is 13.1. The van der Waals surface area contributed by atoms with Crippen molar-refractivity contribution in [3.63, 3.8) is 0 Å². The number of benzene rings is 1. The Morgan fingerprint density at radius 2 is 2.00 bits per heavy atom. The highest BCUT2D eigenvalue weighted by Crippen LogP contribution is 2.23. The average Bonchev–Trinajstić information content (AvgIpc) is 2.15. The maximum absolute atomic E-state index is 11.6. The number of non-ortho nitro benzene ring substituents is 1. The number of rotatable bonds is 3. The Morgan fingerprint density at radius 3 is 2.47 bits per heavy atom. The Labute approximate surface area is 97.3 Å². The minimum Gasteiger partial charge on any atom is -0.343 e. The Hall–Kier alpha value is -1.96. The molecule has 0 saturated carbocycles. The number of hydrogen-bond acceptors (Lipinski definition) is 6. The van der Waals surface area contributed by atoms with Crippen molar-refractivity contribution in [1.29, 1.82) is 0 Å². The second-order valence-corrected chi connectivity index (χ2v) is 4.75. The number of aryl methyl sites for hydroxylation is 1. The zero-order valence-corrected chi connectivity index (χ0v) is 9.85. The number of hydrogen-bond donors (Lipinski definition) is 0. The molecule has 1 aromatic carbocycles. The molecule has 0 aliphatic rings. The van der Waals surface area contributed by atoms with E-state index in [1.54, 1.807) is 0 Å². The van der Waals surface area contributed by atoms with Gasteiger partial charge >= 0.3 is 16.1 Å². The lowest BCUT2D eigenvalue weighted by Crippen LogP contribution is -2.12. The Kier molecular flexibility index (Phi) is 3.47. The van der Waals surface area contributed by atoms with Crippen LogP contribution >= 0.6 is 0 Å². The normalized spacial score (nSPS) is 10.9. The summed E-state index contributed by atoms with van der Waals surface area (Å²) in [6.45, 7) is 2.38. The van der Waals surface area contributed by atoms with E-state index in [-0.39, 0.29) is 16.1 Å². The van der Waals surface area contributed by atoms with Gasteiger partial charge in [-0.05, 0) is 12.5 Å². The highest BCUT2D eigenvalue weighted by molar-refractivity contribution is 7.87. The van der Waals surface area contributed by atoms with Crippen molar-refractivity contribution in [2.24, 2.45) is 0 Å². The summed E-state index contributed by atoms with van der Waals surface area (Å²) in [5, 5.41) is 10.5. The fourth-order valence-electron chi connectivity index (χ4n) is 1.17.